The highest BCUT2D eigenvalue weighted by Gasteiger charge is 2.54. The van der Waals surface area contributed by atoms with Gasteiger partial charge in [0.2, 0.25) is 5.91 Å². The quantitative estimate of drug-likeness (QED) is 0.709. The number of nitrogens with one attached hydrogen (secondary N) is 1. The molecule has 2 aromatic carbocycles. The maximum Gasteiger partial charge on any atom is 0.257 e. The zero-order valence-electron chi connectivity index (χ0n) is 19.5. The number of hydrogen-bond donors (Lipinski definition) is 1. The summed E-state index contributed by atoms with van der Waals surface area (Å²) >= 11 is 0. The first-order chi connectivity index (χ1) is 16.9. The summed E-state index contributed by atoms with van der Waals surface area (Å²) in [6, 6.07) is 12.1. The smallest absolute Gasteiger partial charge is 0.257 e. The summed E-state index contributed by atoms with van der Waals surface area (Å²) in [7, 11) is 1.53. The van der Waals surface area contributed by atoms with Crippen molar-refractivity contribution in [1.82, 2.24) is 15.1 Å². The Hall–Kier alpha value is -3.46. The van der Waals surface area contributed by atoms with Gasteiger partial charge in [0.05, 0.1) is 19.3 Å². The molecule has 1 N–H and O–H groups in total. The number of likely N-dealkylation sites (tertiary alicyclic amines) is 1. The Bertz CT molecular complexity index is 1140. The molecule has 0 bridgehead atoms. The van der Waals surface area contributed by atoms with Gasteiger partial charge in [0.1, 0.15) is 23.3 Å². The normalized spacial score (nSPS) is 21.1. The molecule has 2 heterocycles. The van der Waals surface area contributed by atoms with E-state index >= 15 is 0 Å². The van der Waals surface area contributed by atoms with Crippen LogP contribution in [0, 0.1) is 5.82 Å². The minimum absolute atomic E-state index is 0.0155. The van der Waals surface area contributed by atoms with Gasteiger partial charge in [0.15, 0.2) is 0 Å². The number of nitrogens with zero attached hydrogens (tertiary/aromatic N) is 2. The fourth-order valence-electron chi connectivity index (χ4n) is 4.85. The zero-order valence-corrected chi connectivity index (χ0v) is 19.5. The van der Waals surface area contributed by atoms with Gasteiger partial charge in [0.25, 0.3) is 11.8 Å². The molecule has 2 saturated heterocycles. The lowest BCUT2D eigenvalue weighted by atomic mass is 9.96. The first kappa shape index (κ1) is 23.3. The summed E-state index contributed by atoms with van der Waals surface area (Å²) in [5.41, 5.74) is -0.623. The first-order valence-electron chi connectivity index (χ1n) is 11.9. The predicted molar refractivity (Wildman–Crippen MR) is 124 cm³/mol. The second-order valence-corrected chi connectivity index (χ2v) is 9.24. The third kappa shape index (κ3) is 4.48. The van der Waals surface area contributed by atoms with Crippen LogP contribution in [0.3, 0.4) is 0 Å². The Morgan fingerprint density at radius 1 is 1.06 bits per heavy atom. The number of carbonyl (C=O) groups is 3. The molecule has 3 amide bonds. The van der Waals surface area contributed by atoms with E-state index in [4.69, 9.17) is 9.47 Å². The number of methoxy groups -OCH3 is 1. The maximum absolute atomic E-state index is 14.2. The topological polar surface area (TPSA) is 88.2 Å². The van der Waals surface area contributed by atoms with Crippen LogP contribution in [-0.2, 0) is 9.53 Å². The molecule has 2 aliphatic heterocycles. The van der Waals surface area contributed by atoms with E-state index in [1.54, 1.807) is 46.2 Å². The van der Waals surface area contributed by atoms with Gasteiger partial charge in [-0.05, 0) is 43.2 Å². The minimum Gasteiger partial charge on any atom is -0.497 e. The fourth-order valence-corrected chi connectivity index (χ4v) is 4.85. The summed E-state index contributed by atoms with van der Waals surface area (Å²) in [6.07, 6.45) is 2.50. The van der Waals surface area contributed by atoms with Crippen molar-refractivity contribution >= 4 is 17.7 Å². The number of hydrogen-bond acceptors (Lipinski definition) is 5. The van der Waals surface area contributed by atoms with Gasteiger partial charge in [0, 0.05) is 37.5 Å². The molecule has 3 fully saturated rings. The predicted octanol–water partition coefficient (Wildman–Crippen LogP) is 2.59. The Labute approximate surface area is 203 Å². The molecule has 8 nitrogen and oxygen atoms in total. The van der Waals surface area contributed by atoms with Crippen LogP contribution in [0.25, 0.3) is 0 Å². The highest BCUT2D eigenvalue weighted by atomic mass is 19.1. The fraction of sp³-hybridized carbons (Fsp3) is 0.423. The van der Waals surface area contributed by atoms with Crippen LogP contribution in [0.2, 0.25) is 0 Å². The van der Waals surface area contributed by atoms with Gasteiger partial charge >= 0.3 is 0 Å². The van der Waals surface area contributed by atoms with Gasteiger partial charge in [-0.3, -0.25) is 19.3 Å². The van der Waals surface area contributed by atoms with Crippen molar-refractivity contribution in [1.29, 1.82) is 0 Å². The van der Waals surface area contributed by atoms with Crippen molar-refractivity contribution in [2.24, 2.45) is 0 Å². The summed E-state index contributed by atoms with van der Waals surface area (Å²) < 4.78 is 25.6. The van der Waals surface area contributed by atoms with E-state index in [9.17, 15) is 18.8 Å². The zero-order chi connectivity index (χ0) is 24.6. The highest BCUT2D eigenvalue weighted by molar-refractivity contribution is 5.99. The van der Waals surface area contributed by atoms with Crippen LogP contribution in [0.4, 0.5) is 4.39 Å². The van der Waals surface area contributed by atoms with Crippen LogP contribution in [0.5, 0.6) is 5.75 Å². The first-order valence-corrected chi connectivity index (χ1v) is 11.9. The molecule has 0 unspecified atom stereocenters. The lowest BCUT2D eigenvalue weighted by Gasteiger charge is -2.44. The van der Waals surface area contributed by atoms with Gasteiger partial charge in [-0.1, -0.05) is 18.2 Å². The van der Waals surface area contributed by atoms with E-state index in [0.717, 1.165) is 12.8 Å². The number of amides is 3. The van der Waals surface area contributed by atoms with Crippen LogP contribution < -0.4 is 10.1 Å². The Morgan fingerprint density at radius 3 is 2.49 bits per heavy atom. The van der Waals surface area contributed by atoms with E-state index in [1.807, 2.05) is 0 Å². The summed E-state index contributed by atoms with van der Waals surface area (Å²) in [6.45, 7) is 0.619. The third-order valence-corrected chi connectivity index (χ3v) is 6.96. The van der Waals surface area contributed by atoms with Crippen LogP contribution in [0.1, 0.15) is 46.4 Å². The molecule has 0 aromatic heterocycles. The van der Waals surface area contributed by atoms with Crippen molar-refractivity contribution in [3.8, 4) is 5.75 Å². The van der Waals surface area contributed by atoms with Crippen molar-refractivity contribution in [2.45, 2.75) is 43.5 Å². The number of benzene rings is 2. The van der Waals surface area contributed by atoms with Gasteiger partial charge in [-0.2, -0.15) is 0 Å². The van der Waals surface area contributed by atoms with Crippen molar-refractivity contribution in [3.05, 3.63) is 65.5 Å². The van der Waals surface area contributed by atoms with Crippen molar-refractivity contribution in [2.75, 3.05) is 26.8 Å². The highest BCUT2D eigenvalue weighted by Crippen LogP contribution is 2.39. The maximum atomic E-state index is 14.2. The minimum atomic E-state index is -1.03. The SMILES string of the molecule is COc1cccc(C(=O)N2[C@H](C(=O)NC3CC3)COC23CCN(C(=O)c2ccccc2F)CC3)c1. The Kier molecular flexibility index (Phi) is 6.19. The molecular formula is C26H28FN3O5. The van der Waals surface area contributed by atoms with E-state index in [1.165, 1.54) is 19.2 Å². The molecule has 1 spiro atoms. The lowest BCUT2D eigenvalue weighted by molar-refractivity contribution is -0.128. The number of ether oxygens (including phenoxy) is 2. The summed E-state index contributed by atoms with van der Waals surface area (Å²) in [5, 5.41) is 2.99. The van der Waals surface area contributed by atoms with Crippen LogP contribution in [0.15, 0.2) is 48.5 Å². The molecule has 2 aromatic rings. The number of carbonyl (C=O) groups excluding carboxylic acids is 3. The average Bonchev–Trinajstić information content (AvgIpc) is 3.63. The van der Waals surface area contributed by atoms with Gasteiger partial charge in [-0.25, -0.2) is 4.39 Å². The van der Waals surface area contributed by atoms with Crippen LogP contribution in [-0.4, -0.2) is 72.1 Å². The molecule has 5 rings (SSSR count). The molecule has 1 aliphatic carbocycles. The second-order valence-electron chi connectivity index (χ2n) is 9.24. The average molecular weight is 482 g/mol. The Balaban J connectivity index is 1.39. The molecule has 9 heteroatoms. The van der Waals surface area contributed by atoms with Crippen molar-refractivity contribution in [3.63, 3.8) is 0 Å². The molecule has 1 saturated carbocycles. The van der Waals surface area contributed by atoms with E-state index < -0.39 is 23.5 Å². The van der Waals surface area contributed by atoms with Gasteiger partial charge < -0.3 is 19.7 Å². The number of rotatable bonds is 5. The summed E-state index contributed by atoms with van der Waals surface area (Å²) in [5.74, 6) is -0.989. The number of halogens is 1. The standard InChI is InChI=1S/C26H28FN3O5/c1-34-19-6-4-5-17(15-19)24(32)30-22(23(31)28-18-9-10-18)16-35-26(30)11-13-29(14-12-26)25(33)20-7-2-3-8-21(20)27/h2-8,15,18,22H,9-14,16H2,1H3,(H,28,31)/t22-/m0/s1. The van der Waals surface area contributed by atoms with Gasteiger partial charge in [-0.15, -0.1) is 0 Å². The molecule has 35 heavy (non-hydrogen) atoms. The third-order valence-electron chi connectivity index (χ3n) is 6.96. The number of piperidine rings is 1. The molecule has 184 valence electrons. The summed E-state index contributed by atoms with van der Waals surface area (Å²) in [4.78, 5) is 42.9. The van der Waals surface area contributed by atoms with Crippen molar-refractivity contribution < 1.29 is 28.2 Å². The lowest BCUT2D eigenvalue weighted by Crippen LogP contribution is -2.60. The second kappa shape index (κ2) is 9.30. The molecule has 1 atom stereocenters. The molecule has 3 aliphatic rings. The van der Waals surface area contributed by atoms with E-state index in [2.05, 4.69) is 5.32 Å². The van der Waals surface area contributed by atoms with Crippen LogP contribution >= 0.6 is 0 Å². The Morgan fingerprint density at radius 2 is 1.80 bits per heavy atom. The largest absolute Gasteiger partial charge is 0.497 e. The molecular weight excluding hydrogens is 453 g/mol. The molecule has 0 radical (unpaired) electrons. The van der Waals surface area contributed by atoms with E-state index in [0.29, 0.717) is 24.2 Å². The van der Waals surface area contributed by atoms with E-state index in [-0.39, 0.29) is 43.1 Å². The monoisotopic (exact) mass is 481 g/mol.